The summed E-state index contributed by atoms with van der Waals surface area (Å²) in [5.41, 5.74) is 0.712. The molecule has 1 aliphatic heterocycles. The molecule has 1 unspecified atom stereocenters. The van der Waals surface area contributed by atoms with E-state index in [1.165, 1.54) is 19.2 Å². The monoisotopic (exact) mass is 367 g/mol. The Hall–Kier alpha value is -2.25. The van der Waals surface area contributed by atoms with Crippen LogP contribution in [0.1, 0.15) is 18.0 Å². The third kappa shape index (κ3) is 2.59. The van der Waals surface area contributed by atoms with E-state index in [1.54, 1.807) is 30.3 Å². The molecule has 0 aromatic heterocycles. The van der Waals surface area contributed by atoms with Crippen molar-refractivity contribution in [2.24, 2.45) is 0 Å². The van der Waals surface area contributed by atoms with Crippen LogP contribution in [0, 0.1) is 0 Å². The first-order valence-corrected chi connectivity index (χ1v) is 8.86. The van der Waals surface area contributed by atoms with Crippen molar-refractivity contribution in [3.8, 4) is 5.75 Å². The second kappa shape index (κ2) is 5.99. The summed E-state index contributed by atoms with van der Waals surface area (Å²) in [6.07, 6.45) is -0.384. The number of methoxy groups -OCH3 is 1. The van der Waals surface area contributed by atoms with Gasteiger partial charge in [0.05, 0.1) is 25.3 Å². The van der Waals surface area contributed by atoms with Crippen LogP contribution in [0.3, 0.4) is 0 Å². The molecule has 2 aromatic carbocycles. The van der Waals surface area contributed by atoms with Crippen LogP contribution in [-0.4, -0.2) is 26.6 Å². The van der Waals surface area contributed by atoms with Crippen LogP contribution in [0.15, 0.2) is 47.4 Å². The van der Waals surface area contributed by atoms with Crippen LogP contribution >= 0.6 is 11.6 Å². The van der Waals surface area contributed by atoms with E-state index >= 15 is 0 Å². The largest absolute Gasteiger partial charge is 0.495 e. The van der Waals surface area contributed by atoms with E-state index in [0.29, 0.717) is 11.3 Å². The standard InChI is InChI=1S/C16H14ClNO5S/c1-23-14-8-10(17)7-12-13(9-15(19)20)18(24(21,22)16(12)14)11-5-3-2-4-6-11/h2-8,13H,9H2,1H3,(H,19,20). The summed E-state index contributed by atoms with van der Waals surface area (Å²) in [6.45, 7) is 0. The molecule has 0 radical (unpaired) electrons. The molecular weight excluding hydrogens is 354 g/mol. The zero-order valence-corrected chi connectivity index (χ0v) is 14.2. The van der Waals surface area contributed by atoms with Crippen molar-refractivity contribution in [2.75, 3.05) is 11.4 Å². The van der Waals surface area contributed by atoms with Crippen LogP contribution in [0.4, 0.5) is 5.69 Å². The lowest BCUT2D eigenvalue weighted by molar-refractivity contribution is -0.137. The zero-order valence-electron chi connectivity index (χ0n) is 12.6. The first-order chi connectivity index (χ1) is 11.4. The van der Waals surface area contributed by atoms with Gasteiger partial charge in [0.2, 0.25) is 0 Å². The Kier molecular flexibility index (Phi) is 4.15. The number of anilines is 1. The topological polar surface area (TPSA) is 83.9 Å². The Bertz CT molecular complexity index is 898. The predicted molar refractivity (Wildman–Crippen MR) is 89.1 cm³/mol. The number of aliphatic carboxylic acids is 1. The highest BCUT2D eigenvalue weighted by atomic mass is 35.5. The maximum Gasteiger partial charge on any atom is 0.305 e. The minimum absolute atomic E-state index is 0.0375. The Labute approximate surface area is 144 Å². The number of ether oxygens (including phenoxy) is 1. The van der Waals surface area contributed by atoms with Crippen molar-refractivity contribution in [1.82, 2.24) is 0 Å². The molecule has 2 aromatic rings. The molecule has 126 valence electrons. The van der Waals surface area contributed by atoms with E-state index in [1.807, 2.05) is 0 Å². The van der Waals surface area contributed by atoms with E-state index in [-0.39, 0.29) is 22.1 Å². The third-order valence-electron chi connectivity index (χ3n) is 3.81. The van der Waals surface area contributed by atoms with Crippen LogP contribution in [0.5, 0.6) is 5.75 Å². The van der Waals surface area contributed by atoms with Gasteiger partial charge in [-0.25, -0.2) is 8.42 Å². The normalized spacial score (nSPS) is 18.2. The summed E-state index contributed by atoms with van der Waals surface area (Å²) in [5.74, 6) is -1.01. The highest BCUT2D eigenvalue weighted by molar-refractivity contribution is 7.93. The van der Waals surface area contributed by atoms with Gasteiger partial charge in [-0.1, -0.05) is 29.8 Å². The highest BCUT2D eigenvalue weighted by Crippen LogP contribution is 2.48. The summed E-state index contributed by atoms with van der Waals surface area (Å²) in [4.78, 5) is 11.3. The number of hydrogen-bond acceptors (Lipinski definition) is 4. The lowest BCUT2D eigenvalue weighted by Crippen LogP contribution is -2.29. The van der Waals surface area contributed by atoms with Gasteiger partial charge in [-0.05, 0) is 18.2 Å². The predicted octanol–water partition coefficient (Wildman–Crippen LogP) is 3.07. The van der Waals surface area contributed by atoms with Crippen LogP contribution in [0.2, 0.25) is 5.02 Å². The average molecular weight is 368 g/mol. The maximum atomic E-state index is 13.1. The summed E-state index contributed by atoms with van der Waals surface area (Å²) in [5, 5.41) is 9.53. The molecule has 8 heteroatoms. The van der Waals surface area contributed by atoms with Gasteiger partial charge in [0, 0.05) is 16.7 Å². The van der Waals surface area contributed by atoms with Crippen molar-refractivity contribution in [1.29, 1.82) is 0 Å². The number of halogens is 1. The zero-order chi connectivity index (χ0) is 17.5. The van der Waals surface area contributed by atoms with Crippen molar-refractivity contribution >= 4 is 33.3 Å². The molecule has 0 fully saturated rings. The second-order valence-corrected chi connectivity index (χ2v) is 7.46. The fourth-order valence-electron chi connectivity index (χ4n) is 2.91. The highest BCUT2D eigenvalue weighted by Gasteiger charge is 2.46. The molecule has 3 rings (SSSR count). The molecule has 1 atom stereocenters. The lowest BCUT2D eigenvalue weighted by Gasteiger charge is -2.24. The first kappa shape index (κ1) is 16.6. The minimum atomic E-state index is -3.97. The van der Waals surface area contributed by atoms with Crippen LogP contribution in [-0.2, 0) is 14.8 Å². The Morgan fingerprint density at radius 2 is 1.96 bits per heavy atom. The number of para-hydroxylation sites is 1. The number of fused-ring (bicyclic) bond motifs is 1. The molecule has 0 saturated heterocycles. The average Bonchev–Trinajstić information content (AvgIpc) is 2.74. The molecule has 1 heterocycles. The van der Waals surface area contributed by atoms with Crippen LogP contribution in [0.25, 0.3) is 0 Å². The first-order valence-electron chi connectivity index (χ1n) is 7.05. The number of hydrogen-bond donors (Lipinski definition) is 1. The molecule has 0 aliphatic carbocycles. The number of carboxylic acids is 1. The van der Waals surface area contributed by atoms with Gasteiger partial charge in [-0.2, -0.15) is 0 Å². The fraction of sp³-hybridized carbons (Fsp3) is 0.188. The summed E-state index contributed by atoms with van der Waals surface area (Å²) < 4.78 is 32.4. The van der Waals surface area contributed by atoms with Gasteiger partial charge in [-0.15, -0.1) is 0 Å². The molecule has 0 spiro atoms. The molecule has 0 saturated carbocycles. The summed E-state index contributed by atoms with van der Waals surface area (Å²) in [6, 6.07) is 10.4. The minimum Gasteiger partial charge on any atom is -0.495 e. The molecular formula is C16H14ClNO5S. The van der Waals surface area contributed by atoms with Gasteiger partial charge < -0.3 is 9.84 Å². The Morgan fingerprint density at radius 3 is 2.54 bits per heavy atom. The van der Waals surface area contributed by atoms with E-state index in [9.17, 15) is 18.3 Å². The van der Waals surface area contributed by atoms with Gasteiger partial charge in [0.25, 0.3) is 10.0 Å². The SMILES string of the molecule is COc1cc(Cl)cc2c1S(=O)(=O)N(c1ccccc1)C2CC(=O)O. The molecule has 6 nitrogen and oxygen atoms in total. The number of carboxylic acid groups (broad SMARTS) is 1. The van der Waals surface area contributed by atoms with Gasteiger partial charge >= 0.3 is 5.97 Å². The lowest BCUT2D eigenvalue weighted by atomic mass is 10.0. The fourth-order valence-corrected chi connectivity index (χ4v) is 5.13. The summed E-state index contributed by atoms with van der Waals surface area (Å²) in [7, 11) is -2.62. The van der Waals surface area contributed by atoms with Gasteiger partial charge in [0.15, 0.2) is 0 Å². The number of rotatable bonds is 4. The quantitative estimate of drug-likeness (QED) is 0.897. The number of benzene rings is 2. The molecule has 1 aliphatic rings. The number of carbonyl (C=O) groups is 1. The van der Waals surface area contributed by atoms with Gasteiger partial charge in [0.1, 0.15) is 10.6 Å². The van der Waals surface area contributed by atoms with E-state index in [0.717, 1.165) is 4.31 Å². The third-order valence-corrected chi connectivity index (χ3v) is 5.96. The van der Waals surface area contributed by atoms with Crippen molar-refractivity contribution in [3.63, 3.8) is 0 Å². The second-order valence-electron chi connectivity index (χ2n) is 5.28. The summed E-state index contributed by atoms with van der Waals surface area (Å²) >= 11 is 6.06. The number of nitrogens with zero attached hydrogens (tertiary/aromatic N) is 1. The smallest absolute Gasteiger partial charge is 0.305 e. The van der Waals surface area contributed by atoms with E-state index < -0.39 is 22.0 Å². The maximum absolute atomic E-state index is 13.1. The Morgan fingerprint density at radius 1 is 1.29 bits per heavy atom. The van der Waals surface area contributed by atoms with Gasteiger partial charge in [-0.3, -0.25) is 9.10 Å². The molecule has 0 amide bonds. The van der Waals surface area contributed by atoms with E-state index in [4.69, 9.17) is 16.3 Å². The molecule has 0 bridgehead atoms. The molecule has 1 N–H and O–H groups in total. The van der Waals surface area contributed by atoms with Crippen molar-refractivity contribution < 1.29 is 23.1 Å². The molecule has 24 heavy (non-hydrogen) atoms. The van der Waals surface area contributed by atoms with Crippen LogP contribution < -0.4 is 9.04 Å². The Balaban J connectivity index is 2.29. The number of sulfonamides is 1. The van der Waals surface area contributed by atoms with E-state index in [2.05, 4.69) is 0 Å². The van der Waals surface area contributed by atoms with Crippen molar-refractivity contribution in [3.05, 3.63) is 53.1 Å². The van der Waals surface area contributed by atoms with Crippen molar-refractivity contribution in [2.45, 2.75) is 17.4 Å².